The number of amidine groups is 1. The molecule has 1 rings (SSSR count). The van der Waals surface area contributed by atoms with E-state index < -0.39 is 5.97 Å². The number of nitrogens with zero attached hydrogens (tertiary/aromatic N) is 2. The van der Waals surface area contributed by atoms with Crippen molar-refractivity contribution in [2.75, 3.05) is 26.2 Å². The van der Waals surface area contributed by atoms with E-state index in [1.165, 1.54) is 102 Å². The molecule has 0 saturated heterocycles. The maximum absolute atomic E-state index is 11.6. The number of aliphatic imine (C=N–C) groups is 1. The summed E-state index contributed by atoms with van der Waals surface area (Å²) in [4.78, 5) is 29.0. The number of carboxylic acid groups (broad SMARTS) is 1. The first-order valence-electron chi connectivity index (χ1n) is 13.4. The van der Waals surface area contributed by atoms with Crippen LogP contribution in [0.1, 0.15) is 122 Å². The summed E-state index contributed by atoms with van der Waals surface area (Å²) in [7, 11) is 0. The highest BCUT2D eigenvalue weighted by Gasteiger charge is 2.16. The Morgan fingerprint density at radius 1 is 0.844 bits per heavy atom. The van der Waals surface area contributed by atoms with Gasteiger partial charge in [-0.15, -0.1) is 0 Å². The Morgan fingerprint density at radius 2 is 1.38 bits per heavy atom. The molecule has 0 aromatic rings. The maximum Gasteiger partial charge on any atom is 0.303 e. The van der Waals surface area contributed by atoms with Gasteiger partial charge in [-0.05, 0) is 6.42 Å². The highest BCUT2D eigenvalue weighted by molar-refractivity contribution is 5.84. The van der Waals surface area contributed by atoms with E-state index >= 15 is 0 Å². The van der Waals surface area contributed by atoms with E-state index in [0.717, 1.165) is 26.1 Å². The third-order valence-corrected chi connectivity index (χ3v) is 6.30. The first kappa shape index (κ1) is 28.4. The van der Waals surface area contributed by atoms with Gasteiger partial charge in [-0.3, -0.25) is 14.6 Å². The van der Waals surface area contributed by atoms with Crippen molar-refractivity contribution in [3.63, 3.8) is 0 Å². The molecule has 186 valence electrons. The Hall–Kier alpha value is -1.59. The Balaban J connectivity index is 1.90. The van der Waals surface area contributed by atoms with Crippen LogP contribution in [0.3, 0.4) is 0 Å². The Kier molecular flexibility index (Phi) is 17.8. The standard InChI is InChI=1S/C26H49N3O3/c1-2-3-4-5-6-7-8-9-10-11-12-13-14-15-16-17-24-27-20-22-29(24)23-21-28-25(30)18-19-26(31)32/h2-23H2,1H3,(H,28,30)(H,31,32). The summed E-state index contributed by atoms with van der Waals surface area (Å²) >= 11 is 0. The van der Waals surface area contributed by atoms with E-state index in [9.17, 15) is 9.59 Å². The first-order valence-corrected chi connectivity index (χ1v) is 13.4. The molecule has 1 heterocycles. The van der Waals surface area contributed by atoms with Crippen molar-refractivity contribution in [3.8, 4) is 0 Å². The molecule has 0 aliphatic carbocycles. The van der Waals surface area contributed by atoms with E-state index in [4.69, 9.17) is 5.11 Å². The number of aliphatic carboxylic acids is 1. The minimum Gasteiger partial charge on any atom is -0.481 e. The number of hydrogen-bond acceptors (Lipinski definition) is 4. The van der Waals surface area contributed by atoms with Crippen LogP contribution in [-0.4, -0.2) is 53.9 Å². The highest BCUT2D eigenvalue weighted by Crippen LogP contribution is 2.15. The van der Waals surface area contributed by atoms with Crippen LogP contribution in [0.15, 0.2) is 4.99 Å². The molecule has 0 saturated carbocycles. The topological polar surface area (TPSA) is 82.0 Å². The number of carboxylic acids is 1. The van der Waals surface area contributed by atoms with E-state index in [2.05, 4.69) is 22.1 Å². The van der Waals surface area contributed by atoms with E-state index in [0.29, 0.717) is 6.54 Å². The van der Waals surface area contributed by atoms with Gasteiger partial charge in [-0.2, -0.15) is 0 Å². The van der Waals surface area contributed by atoms with Gasteiger partial charge in [-0.1, -0.05) is 96.8 Å². The van der Waals surface area contributed by atoms with Crippen molar-refractivity contribution < 1.29 is 14.7 Å². The predicted octanol–water partition coefficient (Wildman–Crippen LogP) is 5.94. The van der Waals surface area contributed by atoms with Crippen molar-refractivity contribution in [1.29, 1.82) is 0 Å². The average Bonchev–Trinajstić information content (AvgIpc) is 3.22. The lowest BCUT2D eigenvalue weighted by atomic mass is 10.0. The van der Waals surface area contributed by atoms with Gasteiger partial charge in [0.2, 0.25) is 5.91 Å². The zero-order chi connectivity index (χ0) is 23.3. The highest BCUT2D eigenvalue weighted by atomic mass is 16.4. The second-order valence-electron chi connectivity index (χ2n) is 9.23. The summed E-state index contributed by atoms with van der Waals surface area (Å²) in [6.07, 6.45) is 21.6. The van der Waals surface area contributed by atoms with Crippen LogP contribution in [0.5, 0.6) is 0 Å². The summed E-state index contributed by atoms with van der Waals surface area (Å²) in [5, 5.41) is 11.4. The van der Waals surface area contributed by atoms with Crippen LogP contribution >= 0.6 is 0 Å². The second-order valence-corrected chi connectivity index (χ2v) is 9.23. The Bertz CT molecular complexity index is 522. The van der Waals surface area contributed by atoms with Crippen molar-refractivity contribution in [2.45, 2.75) is 122 Å². The number of unbranched alkanes of at least 4 members (excludes halogenated alkanes) is 14. The summed E-state index contributed by atoms with van der Waals surface area (Å²) in [5.41, 5.74) is 0. The molecule has 1 aliphatic heterocycles. The average molecular weight is 452 g/mol. The zero-order valence-corrected chi connectivity index (χ0v) is 20.7. The van der Waals surface area contributed by atoms with E-state index in [-0.39, 0.29) is 18.7 Å². The molecule has 0 radical (unpaired) electrons. The minimum atomic E-state index is -0.933. The summed E-state index contributed by atoms with van der Waals surface area (Å²) in [6, 6.07) is 0. The minimum absolute atomic E-state index is 0.0510. The third-order valence-electron chi connectivity index (χ3n) is 6.30. The van der Waals surface area contributed by atoms with Crippen molar-refractivity contribution in [1.82, 2.24) is 10.2 Å². The molecule has 0 unspecified atom stereocenters. The summed E-state index contributed by atoms with van der Waals surface area (Å²) in [6.45, 7) is 5.37. The number of hydrogen-bond donors (Lipinski definition) is 2. The molecule has 0 atom stereocenters. The van der Waals surface area contributed by atoms with Crippen LogP contribution in [0.2, 0.25) is 0 Å². The lowest BCUT2D eigenvalue weighted by Crippen LogP contribution is -2.37. The fourth-order valence-electron chi connectivity index (χ4n) is 4.30. The van der Waals surface area contributed by atoms with Crippen LogP contribution in [0, 0.1) is 0 Å². The summed E-state index contributed by atoms with van der Waals surface area (Å²) < 4.78 is 0. The second kappa shape index (κ2) is 20.0. The van der Waals surface area contributed by atoms with Crippen molar-refractivity contribution in [2.24, 2.45) is 4.99 Å². The molecule has 0 aromatic heterocycles. The van der Waals surface area contributed by atoms with E-state index in [1.807, 2.05) is 0 Å². The molecule has 32 heavy (non-hydrogen) atoms. The van der Waals surface area contributed by atoms with Gasteiger partial charge >= 0.3 is 5.97 Å². The number of rotatable bonds is 22. The van der Waals surface area contributed by atoms with Gasteiger partial charge in [-0.25, -0.2) is 0 Å². The SMILES string of the molecule is CCCCCCCCCCCCCCCCCC1=NCCN1CCNC(=O)CCC(=O)O. The third kappa shape index (κ3) is 16.1. The molecule has 0 spiro atoms. The maximum atomic E-state index is 11.6. The molecule has 1 aliphatic rings. The molecule has 0 fully saturated rings. The van der Waals surface area contributed by atoms with Gasteiger partial charge in [0.1, 0.15) is 0 Å². The van der Waals surface area contributed by atoms with Crippen LogP contribution in [-0.2, 0) is 9.59 Å². The number of carbonyl (C=O) groups excluding carboxylic acids is 1. The zero-order valence-electron chi connectivity index (χ0n) is 20.7. The smallest absolute Gasteiger partial charge is 0.303 e. The fourth-order valence-corrected chi connectivity index (χ4v) is 4.30. The van der Waals surface area contributed by atoms with Crippen molar-refractivity contribution in [3.05, 3.63) is 0 Å². The van der Waals surface area contributed by atoms with Crippen LogP contribution in [0.4, 0.5) is 0 Å². The van der Waals surface area contributed by atoms with Crippen LogP contribution in [0.25, 0.3) is 0 Å². The molecule has 0 bridgehead atoms. The molecule has 6 heteroatoms. The van der Waals surface area contributed by atoms with Gasteiger partial charge in [0, 0.05) is 32.5 Å². The van der Waals surface area contributed by atoms with E-state index in [1.54, 1.807) is 0 Å². The lowest BCUT2D eigenvalue weighted by Gasteiger charge is -2.20. The lowest BCUT2D eigenvalue weighted by molar-refractivity contribution is -0.138. The first-order chi connectivity index (χ1) is 15.6. The molecule has 0 aromatic carbocycles. The predicted molar refractivity (Wildman–Crippen MR) is 133 cm³/mol. The number of amides is 1. The summed E-state index contributed by atoms with van der Waals surface area (Å²) in [5.74, 6) is 0.0598. The largest absolute Gasteiger partial charge is 0.481 e. The molecule has 6 nitrogen and oxygen atoms in total. The molecular weight excluding hydrogens is 402 g/mol. The molecular formula is C26H49N3O3. The van der Waals surface area contributed by atoms with Gasteiger partial charge < -0.3 is 15.3 Å². The number of nitrogens with one attached hydrogen (secondary N) is 1. The van der Waals surface area contributed by atoms with Gasteiger partial charge in [0.15, 0.2) is 0 Å². The fraction of sp³-hybridized carbons (Fsp3) is 0.885. The van der Waals surface area contributed by atoms with Gasteiger partial charge in [0.05, 0.1) is 18.8 Å². The van der Waals surface area contributed by atoms with Crippen LogP contribution < -0.4 is 5.32 Å². The monoisotopic (exact) mass is 451 g/mol. The quantitative estimate of drug-likeness (QED) is 0.199. The van der Waals surface area contributed by atoms with Gasteiger partial charge in [0.25, 0.3) is 0 Å². The molecule has 1 amide bonds. The number of carbonyl (C=O) groups is 2. The van der Waals surface area contributed by atoms with Crippen molar-refractivity contribution >= 4 is 17.7 Å². The normalized spacial score (nSPS) is 13.4. The molecule has 2 N–H and O–H groups in total. The Labute approximate surface area is 196 Å². The Morgan fingerprint density at radius 3 is 1.91 bits per heavy atom.